The van der Waals surface area contributed by atoms with Crippen molar-refractivity contribution in [2.45, 2.75) is 32.6 Å². The molecule has 2 aliphatic heterocycles. The van der Waals surface area contributed by atoms with Crippen LogP contribution < -0.4 is 15.1 Å². The summed E-state index contributed by atoms with van der Waals surface area (Å²) in [6, 6.07) is 8.84. The van der Waals surface area contributed by atoms with E-state index in [9.17, 15) is 9.59 Å². The summed E-state index contributed by atoms with van der Waals surface area (Å²) < 4.78 is 5.93. The van der Waals surface area contributed by atoms with Crippen LogP contribution in [-0.2, 0) is 9.59 Å². The first-order valence-electron chi connectivity index (χ1n) is 9.96. The van der Waals surface area contributed by atoms with E-state index < -0.39 is 11.8 Å². The van der Waals surface area contributed by atoms with Crippen LogP contribution in [0.25, 0.3) is 6.08 Å². The van der Waals surface area contributed by atoms with E-state index >= 15 is 0 Å². The lowest BCUT2D eigenvalue weighted by molar-refractivity contribution is -0.122. The van der Waals surface area contributed by atoms with E-state index in [1.54, 1.807) is 24.3 Å². The van der Waals surface area contributed by atoms with Crippen LogP contribution in [0.4, 0.5) is 11.6 Å². The van der Waals surface area contributed by atoms with Gasteiger partial charge in [0, 0.05) is 24.2 Å². The second kappa shape index (κ2) is 8.62. The predicted octanol–water partition coefficient (Wildman–Crippen LogP) is 4.45. The van der Waals surface area contributed by atoms with Crippen molar-refractivity contribution in [3.63, 3.8) is 0 Å². The minimum Gasteiger partial charge on any atom is -0.441 e. The molecule has 0 radical (unpaired) electrons. The average Bonchev–Trinajstić information content (AvgIpc) is 3.00. The van der Waals surface area contributed by atoms with E-state index in [4.69, 9.17) is 28.2 Å². The monoisotopic (exact) mass is 443 g/mol. The third kappa shape index (κ3) is 4.13. The van der Waals surface area contributed by atoms with E-state index in [1.807, 2.05) is 13.0 Å². The summed E-state index contributed by atoms with van der Waals surface area (Å²) in [7, 11) is 0. The van der Waals surface area contributed by atoms with Crippen molar-refractivity contribution in [3.05, 3.63) is 52.3 Å². The number of furan rings is 1. The molecule has 1 aromatic heterocycles. The summed E-state index contributed by atoms with van der Waals surface area (Å²) in [5, 5.41) is 3.11. The molecular weight excluding hydrogens is 422 g/mol. The van der Waals surface area contributed by atoms with Crippen LogP contribution in [0.2, 0.25) is 5.02 Å². The van der Waals surface area contributed by atoms with Gasteiger partial charge in [-0.05, 0) is 61.8 Å². The number of nitrogens with one attached hydrogen (secondary N) is 1. The Morgan fingerprint density at radius 2 is 1.83 bits per heavy atom. The quantitative estimate of drug-likeness (QED) is 0.431. The molecular formula is C22H22ClN3O3S. The molecule has 8 heteroatoms. The Balaban J connectivity index is 1.62. The number of hydrogen-bond donors (Lipinski definition) is 1. The number of thiocarbonyl (C=S) groups is 1. The zero-order valence-electron chi connectivity index (χ0n) is 16.6. The number of carbonyl (C=O) groups is 2. The molecule has 2 saturated heterocycles. The molecule has 4 rings (SSSR count). The Morgan fingerprint density at radius 1 is 1.10 bits per heavy atom. The largest absolute Gasteiger partial charge is 0.441 e. The number of amides is 2. The van der Waals surface area contributed by atoms with Crippen LogP contribution in [0.1, 0.15) is 37.0 Å². The molecule has 0 aliphatic carbocycles. The molecule has 3 heterocycles. The highest BCUT2D eigenvalue weighted by Gasteiger charge is 2.35. The van der Waals surface area contributed by atoms with Gasteiger partial charge in [0.1, 0.15) is 11.3 Å². The minimum absolute atomic E-state index is 0.0202. The van der Waals surface area contributed by atoms with Gasteiger partial charge in [-0.15, -0.1) is 0 Å². The first kappa shape index (κ1) is 20.6. The molecule has 0 spiro atoms. The van der Waals surface area contributed by atoms with Crippen molar-refractivity contribution in [2.75, 3.05) is 22.9 Å². The Bertz CT molecular complexity index is 1040. The van der Waals surface area contributed by atoms with Gasteiger partial charge in [-0.25, -0.2) is 0 Å². The number of carbonyl (C=O) groups excluding carboxylic acids is 2. The SMILES string of the molecule is Cc1ccc(N2C(=O)/C(=C/c3ccc(N4CCCCCC4)o3)C(=O)NC2=S)cc1Cl. The summed E-state index contributed by atoms with van der Waals surface area (Å²) in [5.74, 6) is 0.135. The summed E-state index contributed by atoms with van der Waals surface area (Å²) in [6.07, 6.45) is 6.17. The van der Waals surface area contributed by atoms with Gasteiger partial charge in [-0.1, -0.05) is 30.5 Å². The molecule has 0 unspecified atom stereocenters. The van der Waals surface area contributed by atoms with Crippen molar-refractivity contribution in [1.29, 1.82) is 0 Å². The van der Waals surface area contributed by atoms with Gasteiger partial charge in [0.25, 0.3) is 11.8 Å². The fourth-order valence-electron chi connectivity index (χ4n) is 3.64. The molecule has 30 heavy (non-hydrogen) atoms. The molecule has 0 atom stereocenters. The minimum atomic E-state index is -0.549. The molecule has 1 aromatic carbocycles. The predicted molar refractivity (Wildman–Crippen MR) is 122 cm³/mol. The van der Waals surface area contributed by atoms with Crippen LogP contribution in [0.15, 0.2) is 40.3 Å². The maximum Gasteiger partial charge on any atom is 0.270 e. The van der Waals surface area contributed by atoms with Crippen molar-refractivity contribution >= 4 is 58.4 Å². The molecule has 2 fully saturated rings. The summed E-state index contributed by atoms with van der Waals surface area (Å²) in [4.78, 5) is 29.1. The van der Waals surface area contributed by atoms with Gasteiger partial charge in [0.2, 0.25) is 0 Å². The van der Waals surface area contributed by atoms with Crippen LogP contribution >= 0.6 is 23.8 Å². The number of halogens is 1. The first-order chi connectivity index (χ1) is 14.4. The number of anilines is 2. The van der Waals surface area contributed by atoms with E-state index in [0.29, 0.717) is 16.5 Å². The van der Waals surface area contributed by atoms with Crippen molar-refractivity contribution < 1.29 is 14.0 Å². The molecule has 6 nitrogen and oxygen atoms in total. The first-order valence-corrected chi connectivity index (χ1v) is 10.7. The Labute approximate surface area is 185 Å². The maximum absolute atomic E-state index is 13.1. The standard InChI is InChI=1S/C22H22ClN3O3S/c1-14-6-7-15(12-18(14)23)26-21(28)17(20(27)24-22(26)30)13-16-8-9-19(29-16)25-10-4-2-3-5-11-25/h6-9,12-13H,2-5,10-11H2,1H3,(H,24,27,30)/b17-13+. The van der Waals surface area contributed by atoms with Crippen molar-refractivity contribution in [1.82, 2.24) is 5.32 Å². The fourth-order valence-corrected chi connectivity index (χ4v) is 4.09. The van der Waals surface area contributed by atoms with E-state index in [2.05, 4.69) is 10.2 Å². The van der Waals surface area contributed by atoms with Gasteiger partial charge in [0.15, 0.2) is 11.0 Å². The van der Waals surface area contributed by atoms with E-state index in [-0.39, 0.29) is 10.7 Å². The van der Waals surface area contributed by atoms with Gasteiger partial charge < -0.3 is 9.32 Å². The van der Waals surface area contributed by atoms with Crippen molar-refractivity contribution in [2.24, 2.45) is 0 Å². The Kier molecular flexibility index (Phi) is 5.92. The smallest absolute Gasteiger partial charge is 0.270 e. The lowest BCUT2D eigenvalue weighted by Crippen LogP contribution is -2.54. The topological polar surface area (TPSA) is 65.8 Å². The Morgan fingerprint density at radius 3 is 2.53 bits per heavy atom. The molecule has 1 N–H and O–H groups in total. The average molecular weight is 444 g/mol. The molecule has 2 amide bonds. The highest BCUT2D eigenvalue weighted by atomic mass is 35.5. The highest BCUT2D eigenvalue weighted by Crippen LogP contribution is 2.28. The normalized spacial score (nSPS) is 19.3. The number of rotatable bonds is 3. The lowest BCUT2D eigenvalue weighted by atomic mass is 10.1. The van der Waals surface area contributed by atoms with Crippen molar-refractivity contribution in [3.8, 4) is 0 Å². The molecule has 156 valence electrons. The number of aryl methyl sites for hydroxylation is 1. The zero-order valence-corrected chi connectivity index (χ0v) is 18.2. The van der Waals surface area contributed by atoms with Gasteiger partial charge in [-0.2, -0.15) is 0 Å². The van der Waals surface area contributed by atoms with Gasteiger partial charge >= 0.3 is 0 Å². The summed E-state index contributed by atoms with van der Waals surface area (Å²) >= 11 is 11.4. The van der Waals surface area contributed by atoms with Crippen LogP contribution in [0, 0.1) is 6.92 Å². The van der Waals surface area contributed by atoms with Crippen LogP contribution in [0.3, 0.4) is 0 Å². The molecule has 0 saturated carbocycles. The van der Waals surface area contributed by atoms with Crippen LogP contribution in [-0.4, -0.2) is 30.0 Å². The van der Waals surface area contributed by atoms with Gasteiger partial charge in [0.05, 0.1) is 5.69 Å². The number of hydrogen-bond acceptors (Lipinski definition) is 5. The molecule has 0 bridgehead atoms. The summed E-state index contributed by atoms with van der Waals surface area (Å²) in [6.45, 7) is 3.76. The fraction of sp³-hybridized carbons (Fsp3) is 0.318. The number of benzene rings is 1. The second-order valence-electron chi connectivity index (χ2n) is 7.47. The zero-order chi connectivity index (χ0) is 21.3. The lowest BCUT2D eigenvalue weighted by Gasteiger charge is -2.29. The molecule has 2 aliphatic rings. The number of nitrogens with zero attached hydrogens (tertiary/aromatic N) is 2. The summed E-state index contributed by atoms with van der Waals surface area (Å²) in [5.41, 5.74) is 1.33. The van der Waals surface area contributed by atoms with E-state index in [1.165, 1.54) is 23.8 Å². The van der Waals surface area contributed by atoms with Gasteiger partial charge in [-0.3, -0.25) is 19.8 Å². The molecule has 2 aromatic rings. The second-order valence-corrected chi connectivity index (χ2v) is 8.26. The third-order valence-electron chi connectivity index (χ3n) is 5.33. The van der Waals surface area contributed by atoms with Crippen LogP contribution in [0.5, 0.6) is 0 Å². The highest BCUT2D eigenvalue weighted by molar-refractivity contribution is 7.80. The Hall–Kier alpha value is -2.64. The van der Waals surface area contributed by atoms with E-state index in [0.717, 1.165) is 37.4 Å². The third-order valence-corrected chi connectivity index (χ3v) is 6.02. The maximum atomic E-state index is 13.1.